The number of hydrogen-bond donors (Lipinski definition) is 1. The first kappa shape index (κ1) is 24.9. The van der Waals surface area contributed by atoms with Gasteiger partial charge in [-0.3, -0.25) is 4.79 Å². The van der Waals surface area contributed by atoms with Gasteiger partial charge in [0.1, 0.15) is 17.2 Å². The van der Waals surface area contributed by atoms with Crippen LogP contribution in [-0.2, 0) is 17.8 Å². The number of ether oxygens (including phenoxy) is 2. The molecule has 0 aliphatic carbocycles. The van der Waals surface area contributed by atoms with Crippen LogP contribution in [0.3, 0.4) is 0 Å². The van der Waals surface area contributed by atoms with Crippen molar-refractivity contribution in [2.45, 2.75) is 39.3 Å². The number of rotatable bonds is 6. The van der Waals surface area contributed by atoms with E-state index in [2.05, 4.69) is 0 Å². The van der Waals surface area contributed by atoms with Crippen LogP contribution in [0.2, 0.25) is 10.0 Å². The summed E-state index contributed by atoms with van der Waals surface area (Å²) in [4.78, 5) is 26.3. The van der Waals surface area contributed by atoms with Crippen molar-refractivity contribution in [1.82, 2.24) is 4.90 Å². The van der Waals surface area contributed by atoms with E-state index in [-0.39, 0.29) is 5.91 Å². The van der Waals surface area contributed by atoms with Gasteiger partial charge in [0.05, 0.1) is 10.0 Å². The Labute approximate surface area is 214 Å². The predicted octanol–water partition coefficient (Wildman–Crippen LogP) is 6.53. The average molecular weight is 514 g/mol. The van der Waals surface area contributed by atoms with Crippen LogP contribution in [0.1, 0.15) is 40.9 Å². The van der Waals surface area contributed by atoms with Crippen LogP contribution < -0.4 is 9.47 Å². The van der Waals surface area contributed by atoms with Crippen molar-refractivity contribution in [2.24, 2.45) is 0 Å². The minimum atomic E-state index is -1.35. The van der Waals surface area contributed by atoms with Crippen molar-refractivity contribution in [1.29, 1.82) is 0 Å². The summed E-state index contributed by atoms with van der Waals surface area (Å²) in [5, 5.41) is 10.3. The number of carboxylic acids is 1. The molecule has 1 aliphatic heterocycles. The SMILES string of the molecule is Cc1cc(Oc2cccc(C(=O)N3CCc4cc(Cl)c(Cl)cc4C3)c2)ccc1OC(C)(C)C(=O)O. The van der Waals surface area contributed by atoms with Crippen molar-refractivity contribution in [3.8, 4) is 17.2 Å². The summed E-state index contributed by atoms with van der Waals surface area (Å²) in [6, 6.07) is 15.8. The summed E-state index contributed by atoms with van der Waals surface area (Å²) < 4.78 is 11.6. The molecule has 8 heteroatoms. The van der Waals surface area contributed by atoms with E-state index in [1.165, 1.54) is 13.8 Å². The van der Waals surface area contributed by atoms with Gasteiger partial charge in [-0.05, 0) is 92.4 Å². The third-order valence-corrected chi connectivity index (χ3v) is 6.61. The Hall–Kier alpha value is -3.22. The molecule has 0 spiro atoms. The number of carboxylic acid groups (broad SMARTS) is 1. The molecule has 1 N–H and O–H groups in total. The van der Waals surface area contributed by atoms with E-state index >= 15 is 0 Å². The van der Waals surface area contributed by atoms with Gasteiger partial charge >= 0.3 is 5.97 Å². The third kappa shape index (κ3) is 5.55. The number of benzene rings is 3. The van der Waals surface area contributed by atoms with Gasteiger partial charge < -0.3 is 19.5 Å². The molecule has 0 saturated carbocycles. The highest BCUT2D eigenvalue weighted by Gasteiger charge is 2.30. The van der Waals surface area contributed by atoms with Gasteiger partial charge in [-0.1, -0.05) is 29.3 Å². The molecule has 4 rings (SSSR count). The normalized spacial score (nSPS) is 13.2. The summed E-state index contributed by atoms with van der Waals surface area (Å²) in [5.74, 6) is 0.374. The van der Waals surface area contributed by atoms with E-state index in [1.807, 2.05) is 19.1 Å². The summed E-state index contributed by atoms with van der Waals surface area (Å²) in [6.45, 7) is 5.85. The van der Waals surface area contributed by atoms with Gasteiger partial charge in [-0.15, -0.1) is 0 Å². The maximum Gasteiger partial charge on any atom is 0.347 e. The lowest BCUT2D eigenvalue weighted by Gasteiger charge is -2.29. The quantitative estimate of drug-likeness (QED) is 0.405. The molecule has 1 amide bonds. The third-order valence-electron chi connectivity index (χ3n) is 5.89. The smallest absolute Gasteiger partial charge is 0.347 e. The number of fused-ring (bicyclic) bond motifs is 1. The van der Waals surface area contributed by atoms with Crippen molar-refractivity contribution < 1.29 is 24.2 Å². The van der Waals surface area contributed by atoms with Crippen LogP contribution >= 0.6 is 23.2 Å². The van der Waals surface area contributed by atoms with Gasteiger partial charge in [-0.2, -0.15) is 0 Å². The van der Waals surface area contributed by atoms with Gasteiger partial charge in [-0.25, -0.2) is 4.79 Å². The van der Waals surface area contributed by atoms with Crippen LogP contribution in [0.15, 0.2) is 54.6 Å². The lowest BCUT2D eigenvalue weighted by atomic mass is 9.99. The molecule has 3 aromatic carbocycles. The van der Waals surface area contributed by atoms with Gasteiger partial charge in [0.15, 0.2) is 5.60 Å². The molecule has 6 nitrogen and oxygen atoms in total. The van der Waals surface area contributed by atoms with Crippen molar-refractivity contribution in [3.63, 3.8) is 0 Å². The Morgan fingerprint density at radius 2 is 1.66 bits per heavy atom. The number of aryl methyl sites for hydroxylation is 1. The monoisotopic (exact) mass is 513 g/mol. The molecule has 1 heterocycles. The fourth-order valence-electron chi connectivity index (χ4n) is 3.85. The second-order valence-electron chi connectivity index (χ2n) is 8.99. The number of aliphatic carboxylic acids is 1. The van der Waals surface area contributed by atoms with Crippen LogP contribution in [0.5, 0.6) is 17.2 Å². The van der Waals surface area contributed by atoms with E-state index in [0.717, 1.165) is 16.7 Å². The number of carbonyl (C=O) groups excluding carboxylic acids is 1. The molecule has 0 atom stereocenters. The fraction of sp³-hybridized carbons (Fsp3) is 0.259. The Morgan fingerprint density at radius 3 is 2.34 bits per heavy atom. The molecule has 0 saturated heterocycles. The van der Waals surface area contributed by atoms with E-state index in [9.17, 15) is 14.7 Å². The highest BCUT2D eigenvalue weighted by molar-refractivity contribution is 6.42. The zero-order chi connectivity index (χ0) is 25.3. The highest BCUT2D eigenvalue weighted by atomic mass is 35.5. The highest BCUT2D eigenvalue weighted by Crippen LogP contribution is 2.32. The van der Waals surface area contributed by atoms with E-state index in [1.54, 1.807) is 47.4 Å². The number of amides is 1. The number of hydrogen-bond acceptors (Lipinski definition) is 4. The molecule has 0 radical (unpaired) electrons. The predicted molar refractivity (Wildman–Crippen MR) is 135 cm³/mol. The Balaban J connectivity index is 1.47. The first-order valence-electron chi connectivity index (χ1n) is 11.1. The maximum absolute atomic E-state index is 13.2. The molecule has 35 heavy (non-hydrogen) atoms. The van der Waals surface area contributed by atoms with Crippen molar-refractivity contribution >= 4 is 35.1 Å². The van der Waals surface area contributed by atoms with Crippen LogP contribution in [0.25, 0.3) is 0 Å². The molecule has 0 unspecified atom stereocenters. The van der Waals surface area contributed by atoms with E-state index in [4.69, 9.17) is 32.7 Å². The summed E-state index contributed by atoms with van der Waals surface area (Å²) in [5.41, 5.74) is 2.00. The Morgan fingerprint density at radius 1 is 0.971 bits per heavy atom. The van der Waals surface area contributed by atoms with Gasteiger partial charge in [0.25, 0.3) is 5.91 Å². The molecular weight excluding hydrogens is 489 g/mol. The molecule has 0 bridgehead atoms. The maximum atomic E-state index is 13.2. The molecule has 182 valence electrons. The number of halogens is 2. The molecule has 0 fully saturated rings. The average Bonchev–Trinajstić information content (AvgIpc) is 2.81. The fourth-order valence-corrected chi connectivity index (χ4v) is 4.22. The number of nitrogens with zero attached hydrogens (tertiary/aromatic N) is 1. The topological polar surface area (TPSA) is 76.1 Å². The molecule has 0 aromatic heterocycles. The largest absolute Gasteiger partial charge is 0.478 e. The molecular formula is C27H25Cl2NO5. The number of carbonyl (C=O) groups is 2. The van der Waals surface area contributed by atoms with Crippen LogP contribution in [0, 0.1) is 6.92 Å². The lowest BCUT2D eigenvalue weighted by Crippen LogP contribution is -2.38. The van der Waals surface area contributed by atoms with E-state index < -0.39 is 11.6 Å². The van der Waals surface area contributed by atoms with Crippen molar-refractivity contribution in [3.05, 3.63) is 86.9 Å². The minimum absolute atomic E-state index is 0.0944. The minimum Gasteiger partial charge on any atom is -0.478 e. The standard InChI is InChI=1S/C27H25Cl2NO5/c1-16-11-21(7-8-24(16)35-27(2,3)26(32)33)34-20-6-4-5-18(12-20)25(31)30-10-9-17-13-22(28)23(29)14-19(17)15-30/h4-8,11-14H,9-10,15H2,1-3H3,(H,32,33). The first-order valence-corrected chi connectivity index (χ1v) is 11.9. The lowest BCUT2D eigenvalue weighted by molar-refractivity contribution is -0.152. The van der Waals surface area contributed by atoms with E-state index in [0.29, 0.717) is 52.4 Å². The summed E-state index contributed by atoms with van der Waals surface area (Å²) >= 11 is 12.3. The zero-order valence-electron chi connectivity index (χ0n) is 19.6. The second-order valence-corrected chi connectivity index (χ2v) is 9.80. The van der Waals surface area contributed by atoms with Gasteiger partial charge in [0.2, 0.25) is 0 Å². The van der Waals surface area contributed by atoms with Gasteiger partial charge in [0, 0.05) is 18.7 Å². The van der Waals surface area contributed by atoms with Crippen molar-refractivity contribution in [2.75, 3.05) is 6.54 Å². The Bertz CT molecular complexity index is 1300. The summed E-state index contributed by atoms with van der Waals surface area (Å²) in [7, 11) is 0. The van der Waals surface area contributed by atoms with Crippen LogP contribution in [0.4, 0.5) is 0 Å². The molecule has 1 aliphatic rings. The van der Waals surface area contributed by atoms with Crippen LogP contribution in [-0.4, -0.2) is 34.0 Å². The zero-order valence-corrected chi connectivity index (χ0v) is 21.1. The summed E-state index contributed by atoms with van der Waals surface area (Å²) in [6.07, 6.45) is 0.709. The second kappa shape index (κ2) is 9.80. The Kier molecular flexibility index (Phi) is 6.97. The molecule has 3 aromatic rings. The first-order chi connectivity index (χ1) is 16.5.